The Labute approximate surface area is 211 Å². The molecule has 0 unspecified atom stereocenters. The van der Waals surface area contributed by atoms with Crippen LogP contribution in [-0.4, -0.2) is 15.7 Å². The van der Waals surface area contributed by atoms with Gasteiger partial charge in [-0.1, -0.05) is 82.7 Å². The van der Waals surface area contributed by atoms with Crippen LogP contribution < -0.4 is 0 Å². The molecule has 0 aliphatic rings. The highest BCUT2D eigenvalue weighted by atomic mass is 79.9. The minimum absolute atomic E-state index is 0.0142. The second-order valence-electron chi connectivity index (χ2n) is 7.91. The molecule has 1 aromatic heterocycles. The van der Waals surface area contributed by atoms with Crippen molar-refractivity contribution in [3.63, 3.8) is 0 Å². The predicted molar refractivity (Wildman–Crippen MR) is 145 cm³/mol. The summed E-state index contributed by atoms with van der Waals surface area (Å²) in [5.41, 5.74) is 6.58. The van der Waals surface area contributed by atoms with E-state index < -0.39 is 4.92 Å². The Bertz CT molecular complexity index is 1510. The summed E-state index contributed by atoms with van der Waals surface area (Å²) in [5.74, 6) is 0. The van der Waals surface area contributed by atoms with Gasteiger partial charge in [-0.25, -0.2) is 0 Å². The van der Waals surface area contributed by atoms with Crippen LogP contribution in [0.15, 0.2) is 125 Å². The molecule has 5 nitrogen and oxygen atoms in total. The van der Waals surface area contributed by atoms with E-state index in [0.717, 1.165) is 38.2 Å². The number of aliphatic imine (C=N–C) groups is 1. The van der Waals surface area contributed by atoms with Crippen molar-refractivity contribution < 1.29 is 4.92 Å². The molecule has 0 spiro atoms. The van der Waals surface area contributed by atoms with E-state index in [9.17, 15) is 10.1 Å². The average Bonchev–Trinajstić information content (AvgIpc) is 3.28. The van der Waals surface area contributed by atoms with Crippen LogP contribution in [0.5, 0.6) is 0 Å². The molecule has 0 fully saturated rings. The van der Waals surface area contributed by atoms with E-state index in [1.54, 1.807) is 18.3 Å². The van der Waals surface area contributed by atoms with Crippen molar-refractivity contribution in [2.75, 3.05) is 0 Å². The fourth-order valence-corrected chi connectivity index (χ4v) is 4.29. The van der Waals surface area contributed by atoms with Crippen LogP contribution in [0.2, 0.25) is 0 Å². The molecule has 0 radical (unpaired) electrons. The van der Waals surface area contributed by atoms with E-state index in [1.165, 1.54) is 12.1 Å². The van der Waals surface area contributed by atoms with E-state index in [-0.39, 0.29) is 5.69 Å². The van der Waals surface area contributed by atoms with Crippen molar-refractivity contribution in [3.05, 3.63) is 135 Å². The van der Waals surface area contributed by atoms with Gasteiger partial charge in [-0.05, 0) is 47.5 Å². The third-order valence-corrected chi connectivity index (χ3v) is 6.15. The Kier molecular flexibility index (Phi) is 6.37. The molecular weight excluding hydrogens is 502 g/mol. The summed E-state index contributed by atoms with van der Waals surface area (Å²) in [7, 11) is 0. The molecular formula is C29H20BrN3O2. The largest absolute Gasteiger partial charge is 0.309 e. The molecule has 5 aromatic rings. The maximum atomic E-state index is 11.2. The number of non-ortho nitro benzene ring substituents is 1. The predicted octanol–water partition coefficient (Wildman–Crippen LogP) is 8.23. The standard InChI is InChI=1S/C29H20BrN3O2/c30-24-14-16-26(17-15-24)32-28(21-8-3-1-4-9-21)18-23(29(32)22-10-5-2-6-11-22)20-31-25-12-7-13-27(19-25)33(34)35/h1-20H. The lowest BCUT2D eigenvalue weighted by Gasteiger charge is -2.15. The van der Waals surface area contributed by atoms with Gasteiger partial charge < -0.3 is 4.57 Å². The summed E-state index contributed by atoms with van der Waals surface area (Å²) >= 11 is 3.54. The summed E-state index contributed by atoms with van der Waals surface area (Å²) in [5, 5.41) is 11.2. The Morgan fingerprint density at radius 1 is 0.771 bits per heavy atom. The van der Waals surface area contributed by atoms with Crippen LogP contribution in [0.3, 0.4) is 0 Å². The van der Waals surface area contributed by atoms with Gasteiger partial charge in [0.1, 0.15) is 0 Å². The van der Waals surface area contributed by atoms with Gasteiger partial charge in [-0.3, -0.25) is 15.1 Å². The van der Waals surface area contributed by atoms with Crippen molar-refractivity contribution in [2.24, 2.45) is 4.99 Å². The Morgan fingerprint density at radius 2 is 1.43 bits per heavy atom. The lowest BCUT2D eigenvalue weighted by Crippen LogP contribution is -2.00. The quantitative estimate of drug-likeness (QED) is 0.128. The van der Waals surface area contributed by atoms with Gasteiger partial charge in [0.15, 0.2) is 0 Å². The van der Waals surface area contributed by atoms with Crippen molar-refractivity contribution >= 4 is 33.5 Å². The second-order valence-corrected chi connectivity index (χ2v) is 8.83. The van der Waals surface area contributed by atoms with Crippen molar-refractivity contribution in [2.45, 2.75) is 0 Å². The minimum atomic E-state index is -0.411. The summed E-state index contributed by atoms with van der Waals surface area (Å²) in [6.07, 6.45) is 1.78. The van der Waals surface area contributed by atoms with Gasteiger partial charge >= 0.3 is 0 Å². The number of halogens is 1. The summed E-state index contributed by atoms with van der Waals surface area (Å²) < 4.78 is 3.23. The number of nitrogens with zero attached hydrogens (tertiary/aromatic N) is 3. The zero-order valence-electron chi connectivity index (χ0n) is 18.6. The zero-order valence-corrected chi connectivity index (χ0v) is 20.2. The molecule has 0 bridgehead atoms. The Morgan fingerprint density at radius 3 is 2.09 bits per heavy atom. The summed E-state index contributed by atoms with van der Waals surface area (Å²) in [4.78, 5) is 15.4. The lowest BCUT2D eigenvalue weighted by molar-refractivity contribution is -0.384. The first-order chi connectivity index (χ1) is 17.1. The van der Waals surface area contributed by atoms with E-state index in [1.807, 2.05) is 48.5 Å². The maximum Gasteiger partial charge on any atom is 0.271 e. The van der Waals surface area contributed by atoms with Gasteiger partial charge in [0.05, 0.1) is 22.0 Å². The molecule has 170 valence electrons. The molecule has 0 aliphatic carbocycles. The molecule has 6 heteroatoms. The smallest absolute Gasteiger partial charge is 0.271 e. The van der Waals surface area contributed by atoms with Crippen LogP contribution in [-0.2, 0) is 0 Å². The number of hydrogen-bond acceptors (Lipinski definition) is 3. The van der Waals surface area contributed by atoms with Gasteiger partial charge in [-0.2, -0.15) is 0 Å². The highest BCUT2D eigenvalue weighted by molar-refractivity contribution is 9.10. The molecule has 1 heterocycles. The summed E-state index contributed by atoms with van der Waals surface area (Å²) in [6.45, 7) is 0. The number of aromatic nitrogens is 1. The number of hydrogen-bond donors (Lipinski definition) is 0. The van der Waals surface area contributed by atoms with Crippen LogP contribution in [0, 0.1) is 10.1 Å². The van der Waals surface area contributed by atoms with Crippen molar-refractivity contribution in [1.29, 1.82) is 0 Å². The molecule has 4 aromatic carbocycles. The van der Waals surface area contributed by atoms with Crippen LogP contribution in [0.25, 0.3) is 28.2 Å². The number of nitro benzene ring substituents is 1. The van der Waals surface area contributed by atoms with Crippen molar-refractivity contribution in [1.82, 2.24) is 4.57 Å². The summed E-state index contributed by atoms with van der Waals surface area (Å²) in [6, 6.07) is 37.0. The van der Waals surface area contributed by atoms with E-state index in [0.29, 0.717) is 5.69 Å². The van der Waals surface area contributed by atoms with E-state index in [2.05, 4.69) is 68.0 Å². The normalized spacial score (nSPS) is 11.1. The molecule has 0 atom stereocenters. The van der Waals surface area contributed by atoms with E-state index >= 15 is 0 Å². The monoisotopic (exact) mass is 521 g/mol. The maximum absolute atomic E-state index is 11.2. The second kappa shape index (κ2) is 9.91. The molecule has 0 aliphatic heterocycles. The molecule has 0 amide bonds. The van der Waals surface area contributed by atoms with Crippen LogP contribution in [0.1, 0.15) is 5.56 Å². The highest BCUT2D eigenvalue weighted by Crippen LogP contribution is 2.36. The van der Waals surface area contributed by atoms with E-state index in [4.69, 9.17) is 0 Å². The van der Waals surface area contributed by atoms with Crippen molar-refractivity contribution in [3.8, 4) is 28.2 Å². The lowest BCUT2D eigenvalue weighted by atomic mass is 10.1. The first kappa shape index (κ1) is 22.5. The fraction of sp³-hybridized carbons (Fsp3) is 0. The SMILES string of the molecule is O=[N+]([O-])c1cccc(N=Cc2cc(-c3ccccc3)n(-c3ccc(Br)cc3)c2-c2ccccc2)c1. The van der Waals surface area contributed by atoms with Crippen LogP contribution in [0.4, 0.5) is 11.4 Å². The number of rotatable bonds is 6. The molecule has 0 saturated heterocycles. The third-order valence-electron chi connectivity index (χ3n) is 5.63. The van der Waals surface area contributed by atoms with Gasteiger partial charge in [0.2, 0.25) is 0 Å². The number of nitro groups is 1. The fourth-order valence-electron chi connectivity index (χ4n) is 4.03. The average molecular weight is 522 g/mol. The highest BCUT2D eigenvalue weighted by Gasteiger charge is 2.18. The first-order valence-corrected chi connectivity index (χ1v) is 11.8. The zero-order chi connectivity index (χ0) is 24.2. The topological polar surface area (TPSA) is 60.4 Å². The molecule has 35 heavy (non-hydrogen) atoms. The Balaban J connectivity index is 1.74. The van der Waals surface area contributed by atoms with Gasteiger partial charge in [0.25, 0.3) is 5.69 Å². The molecule has 0 N–H and O–H groups in total. The van der Waals surface area contributed by atoms with Gasteiger partial charge in [-0.15, -0.1) is 0 Å². The minimum Gasteiger partial charge on any atom is -0.309 e. The number of benzene rings is 4. The first-order valence-electron chi connectivity index (χ1n) is 11.0. The molecule has 5 rings (SSSR count). The van der Waals surface area contributed by atoms with Gasteiger partial charge in [0, 0.05) is 34.1 Å². The Hall–Kier alpha value is -4.29. The van der Waals surface area contributed by atoms with Crippen LogP contribution >= 0.6 is 15.9 Å². The molecule has 0 saturated carbocycles. The third kappa shape index (κ3) is 4.83.